The fraction of sp³-hybridized carbons (Fsp3) is 0.600. The third kappa shape index (κ3) is 5.08. The fourth-order valence-electron chi connectivity index (χ4n) is 2.29. The van der Waals surface area contributed by atoms with Gasteiger partial charge in [-0.25, -0.2) is 4.79 Å². The van der Waals surface area contributed by atoms with Crippen LogP contribution in [0.1, 0.15) is 42.0 Å². The molecular formula is C15H24N4O4. The lowest BCUT2D eigenvalue weighted by Crippen LogP contribution is -2.46. The van der Waals surface area contributed by atoms with Gasteiger partial charge in [-0.1, -0.05) is 13.8 Å². The Morgan fingerprint density at radius 3 is 2.30 bits per heavy atom. The van der Waals surface area contributed by atoms with Crippen LogP contribution in [0.15, 0.2) is 0 Å². The summed E-state index contributed by atoms with van der Waals surface area (Å²) in [7, 11) is 1.73. The lowest BCUT2D eigenvalue weighted by Gasteiger charge is -2.16. The van der Waals surface area contributed by atoms with Gasteiger partial charge in [0.2, 0.25) is 5.91 Å². The zero-order chi connectivity index (χ0) is 17.7. The van der Waals surface area contributed by atoms with E-state index < -0.39 is 23.8 Å². The topological polar surface area (TPSA) is 113 Å². The zero-order valence-electron chi connectivity index (χ0n) is 14.1. The van der Waals surface area contributed by atoms with Crippen LogP contribution in [0, 0.1) is 19.8 Å². The number of aromatic nitrogens is 2. The predicted octanol–water partition coefficient (Wildman–Crippen LogP) is 0.382. The second kappa shape index (κ2) is 7.75. The average Bonchev–Trinajstić information content (AvgIpc) is 2.68. The maximum atomic E-state index is 12.1. The van der Waals surface area contributed by atoms with Crippen LogP contribution in [0.25, 0.3) is 0 Å². The standard InChI is InChI=1S/C15H24N4O4/c1-8(2)6-11(15(22)23)17-12(20)7-16-14(21)13-9(3)18-19(5)10(13)4/h8,11H,6-7H2,1-5H3,(H,16,21)(H,17,20)(H,22,23)/t11-/m0/s1. The molecule has 0 radical (unpaired) electrons. The number of nitrogens with zero attached hydrogens (tertiary/aromatic N) is 2. The Morgan fingerprint density at radius 2 is 1.87 bits per heavy atom. The van der Waals surface area contributed by atoms with Gasteiger partial charge in [0, 0.05) is 12.7 Å². The molecule has 1 rings (SSSR count). The number of hydrogen-bond acceptors (Lipinski definition) is 4. The molecular weight excluding hydrogens is 300 g/mol. The number of aryl methyl sites for hydroxylation is 2. The van der Waals surface area contributed by atoms with Gasteiger partial charge in [0.1, 0.15) is 6.04 Å². The van der Waals surface area contributed by atoms with Crippen LogP contribution in [0.5, 0.6) is 0 Å². The van der Waals surface area contributed by atoms with E-state index in [1.807, 2.05) is 13.8 Å². The first kappa shape index (κ1) is 18.7. The van der Waals surface area contributed by atoms with E-state index in [1.54, 1.807) is 25.6 Å². The van der Waals surface area contributed by atoms with Gasteiger partial charge in [0.25, 0.3) is 5.91 Å². The van der Waals surface area contributed by atoms with Gasteiger partial charge in [-0.3, -0.25) is 14.3 Å². The highest BCUT2D eigenvalue weighted by atomic mass is 16.4. The van der Waals surface area contributed by atoms with Crippen molar-refractivity contribution in [1.29, 1.82) is 0 Å². The Morgan fingerprint density at radius 1 is 1.26 bits per heavy atom. The summed E-state index contributed by atoms with van der Waals surface area (Å²) < 4.78 is 1.59. The molecule has 0 unspecified atom stereocenters. The molecule has 8 nitrogen and oxygen atoms in total. The molecule has 1 aromatic heterocycles. The molecule has 23 heavy (non-hydrogen) atoms. The summed E-state index contributed by atoms with van der Waals surface area (Å²) in [5.74, 6) is -1.89. The maximum absolute atomic E-state index is 12.1. The highest BCUT2D eigenvalue weighted by Crippen LogP contribution is 2.11. The van der Waals surface area contributed by atoms with Crippen molar-refractivity contribution in [2.24, 2.45) is 13.0 Å². The van der Waals surface area contributed by atoms with Crippen molar-refractivity contribution in [2.75, 3.05) is 6.54 Å². The fourth-order valence-corrected chi connectivity index (χ4v) is 2.29. The van der Waals surface area contributed by atoms with Crippen molar-refractivity contribution < 1.29 is 19.5 Å². The first-order valence-corrected chi connectivity index (χ1v) is 7.44. The molecule has 0 aliphatic carbocycles. The van der Waals surface area contributed by atoms with Gasteiger partial charge < -0.3 is 15.7 Å². The van der Waals surface area contributed by atoms with Gasteiger partial charge in [-0.2, -0.15) is 5.10 Å². The summed E-state index contributed by atoms with van der Waals surface area (Å²) in [5, 5.41) is 18.1. The number of rotatable bonds is 7. The van der Waals surface area contributed by atoms with Crippen LogP contribution in [0.2, 0.25) is 0 Å². The van der Waals surface area contributed by atoms with E-state index >= 15 is 0 Å². The van der Waals surface area contributed by atoms with Gasteiger partial charge in [-0.15, -0.1) is 0 Å². The molecule has 0 aromatic carbocycles. The number of carboxylic acid groups (broad SMARTS) is 1. The smallest absolute Gasteiger partial charge is 0.326 e. The van der Waals surface area contributed by atoms with Gasteiger partial charge in [0.05, 0.1) is 17.8 Å². The average molecular weight is 324 g/mol. The van der Waals surface area contributed by atoms with E-state index in [0.717, 1.165) is 0 Å². The molecule has 1 atom stereocenters. The summed E-state index contributed by atoms with van der Waals surface area (Å²) >= 11 is 0. The first-order chi connectivity index (χ1) is 10.6. The largest absolute Gasteiger partial charge is 0.480 e. The van der Waals surface area contributed by atoms with Crippen molar-refractivity contribution in [3.05, 3.63) is 17.0 Å². The van der Waals surface area contributed by atoms with Crippen molar-refractivity contribution in [1.82, 2.24) is 20.4 Å². The summed E-state index contributed by atoms with van der Waals surface area (Å²) in [4.78, 5) is 35.1. The molecule has 8 heteroatoms. The normalized spacial score (nSPS) is 12.1. The number of carboxylic acids is 1. The number of hydrogen-bond donors (Lipinski definition) is 3. The molecule has 1 heterocycles. The number of carbonyl (C=O) groups is 3. The monoisotopic (exact) mass is 324 g/mol. The number of nitrogens with one attached hydrogen (secondary N) is 2. The minimum Gasteiger partial charge on any atom is -0.480 e. The van der Waals surface area contributed by atoms with E-state index in [1.165, 1.54) is 0 Å². The lowest BCUT2D eigenvalue weighted by atomic mass is 10.0. The van der Waals surface area contributed by atoms with Crippen molar-refractivity contribution >= 4 is 17.8 Å². The van der Waals surface area contributed by atoms with Crippen LogP contribution in [-0.4, -0.2) is 45.3 Å². The zero-order valence-corrected chi connectivity index (χ0v) is 14.1. The van der Waals surface area contributed by atoms with Crippen LogP contribution in [0.3, 0.4) is 0 Å². The van der Waals surface area contributed by atoms with E-state index in [-0.39, 0.29) is 12.5 Å². The maximum Gasteiger partial charge on any atom is 0.326 e. The number of carbonyl (C=O) groups excluding carboxylic acids is 2. The summed E-state index contributed by atoms with van der Waals surface area (Å²) in [6.45, 7) is 6.94. The van der Waals surface area contributed by atoms with Gasteiger partial charge in [0.15, 0.2) is 0 Å². The third-order valence-corrected chi connectivity index (χ3v) is 3.49. The molecule has 0 fully saturated rings. The molecule has 0 aliphatic rings. The van der Waals surface area contributed by atoms with E-state index in [0.29, 0.717) is 23.4 Å². The van der Waals surface area contributed by atoms with Crippen LogP contribution >= 0.6 is 0 Å². The lowest BCUT2D eigenvalue weighted by molar-refractivity contribution is -0.142. The molecule has 0 bridgehead atoms. The summed E-state index contributed by atoms with van der Waals surface area (Å²) in [6, 6.07) is -0.957. The Bertz CT molecular complexity index is 607. The number of amides is 2. The highest BCUT2D eigenvalue weighted by Gasteiger charge is 2.22. The summed E-state index contributed by atoms with van der Waals surface area (Å²) in [6.07, 6.45) is 0.329. The van der Waals surface area contributed by atoms with Crippen LogP contribution < -0.4 is 10.6 Å². The molecule has 3 N–H and O–H groups in total. The third-order valence-electron chi connectivity index (χ3n) is 3.49. The second-order valence-corrected chi connectivity index (χ2v) is 5.94. The number of aliphatic carboxylic acids is 1. The minimum atomic E-state index is -1.09. The van der Waals surface area contributed by atoms with Crippen LogP contribution in [0.4, 0.5) is 0 Å². The molecule has 2 amide bonds. The molecule has 0 saturated carbocycles. The minimum absolute atomic E-state index is 0.131. The Balaban J connectivity index is 2.61. The van der Waals surface area contributed by atoms with Gasteiger partial charge >= 0.3 is 5.97 Å². The SMILES string of the molecule is Cc1nn(C)c(C)c1C(=O)NCC(=O)N[C@@H](CC(C)C)C(=O)O. The van der Waals surface area contributed by atoms with E-state index in [2.05, 4.69) is 15.7 Å². The van der Waals surface area contributed by atoms with Crippen molar-refractivity contribution in [2.45, 2.75) is 40.2 Å². The first-order valence-electron chi connectivity index (χ1n) is 7.44. The highest BCUT2D eigenvalue weighted by molar-refractivity contribution is 5.98. The second-order valence-electron chi connectivity index (χ2n) is 5.94. The molecule has 0 aliphatic heterocycles. The molecule has 128 valence electrons. The quantitative estimate of drug-likeness (QED) is 0.671. The van der Waals surface area contributed by atoms with Crippen molar-refractivity contribution in [3.63, 3.8) is 0 Å². The Hall–Kier alpha value is -2.38. The predicted molar refractivity (Wildman–Crippen MR) is 84.0 cm³/mol. The van der Waals surface area contributed by atoms with Crippen LogP contribution in [-0.2, 0) is 16.6 Å². The Kier molecular flexibility index (Phi) is 6.29. The summed E-state index contributed by atoms with van der Waals surface area (Å²) in [5.41, 5.74) is 1.70. The molecule has 0 saturated heterocycles. The Labute approximate surface area is 135 Å². The van der Waals surface area contributed by atoms with E-state index in [9.17, 15) is 14.4 Å². The van der Waals surface area contributed by atoms with Gasteiger partial charge in [-0.05, 0) is 26.2 Å². The van der Waals surface area contributed by atoms with Crippen molar-refractivity contribution in [3.8, 4) is 0 Å². The molecule has 1 aromatic rings. The molecule has 0 spiro atoms. The van der Waals surface area contributed by atoms with E-state index in [4.69, 9.17) is 5.11 Å².